The minimum Gasteiger partial charge on any atom is -0.370 e. The number of hydrogen-bond acceptors (Lipinski definition) is 1. The Morgan fingerprint density at radius 3 is 2.68 bits per heavy atom. The number of nitrogens with one attached hydrogen (secondary N) is 1. The molecular weight excluding hydrogens is 258 g/mol. The molecule has 0 saturated heterocycles. The van der Waals surface area contributed by atoms with E-state index in [9.17, 15) is 0 Å². The molecule has 0 heterocycles. The maximum Gasteiger partial charge on any atom is 0.188 e. The van der Waals surface area contributed by atoms with Gasteiger partial charge >= 0.3 is 0 Å². The van der Waals surface area contributed by atoms with Crippen molar-refractivity contribution in [2.24, 2.45) is 10.7 Å². The van der Waals surface area contributed by atoms with Crippen LogP contribution >= 0.6 is 11.6 Å². The Labute approximate surface area is 121 Å². The normalized spacial score (nSPS) is 12.5. The second-order valence-electron chi connectivity index (χ2n) is 5.35. The van der Waals surface area contributed by atoms with Gasteiger partial charge in [0.15, 0.2) is 5.96 Å². The van der Waals surface area contributed by atoms with Gasteiger partial charge in [0.2, 0.25) is 0 Å². The van der Waals surface area contributed by atoms with Crippen molar-refractivity contribution in [3.63, 3.8) is 0 Å². The zero-order valence-corrected chi connectivity index (χ0v) is 12.8. The number of halogens is 1. The molecule has 1 aromatic rings. The lowest BCUT2D eigenvalue weighted by Gasteiger charge is -2.24. The van der Waals surface area contributed by atoms with Crippen LogP contribution in [-0.4, -0.2) is 19.0 Å². The topological polar surface area (TPSA) is 50.4 Å². The third kappa shape index (κ3) is 5.11. The number of guanidine groups is 1. The van der Waals surface area contributed by atoms with E-state index < -0.39 is 0 Å². The molecule has 19 heavy (non-hydrogen) atoms. The minimum atomic E-state index is -0.130. The first-order valence-electron chi connectivity index (χ1n) is 6.76. The summed E-state index contributed by atoms with van der Waals surface area (Å²) in [5, 5.41) is 3.89. The van der Waals surface area contributed by atoms with Gasteiger partial charge in [-0.3, -0.25) is 4.99 Å². The van der Waals surface area contributed by atoms with Crippen LogP contribution in [0.2, 0.25) is 5.02 Å². The zero-order chi connectivity index (χ0) is 14.3. The van der Waals surface area contributed by atoms with Gasteiger partial charge in [-0.05, 0) is 18.1 Å². The average Bonchev–Trinajstić information content (AvgIpc) is 2.37. The summed E-state index contributed by atoms with van der Waals surface area (Å²) < 4.78 is 0. The largest absolute Gasteiger partial charge is 0.370 e. The molecule has 106 valence electrons. The molecule has 0 aliphatic rings. The fourth-order valence-electron chi connectivity index (χ4n) is 1.83. The summed E-state index contributed by atoms with van der Waals surface area (Å²) in [6.07, 6.45) is 2.25. The Balaban J connectivity index is 2.64. The predicted octanol–water partition coefficient (Wildman–Crippen LogP) is 3.32. The summed E-state index contributed by atoms with van der Waals surface area (Å²) in [6, 6.07) is 7.88. The maximum absolute atomic E-state index is 6.23. The van der Waals surface area contributed by atoms with Gasteiger partial charge in [0.1, 0.15) is 0 Å². The summed E-state index contributed by atoms with van der Waals surface area (Å²) in [5.74, 6) is 0.508. The number of nitrogens with zero attached hydrogens (tertiary/aromatic N) is 1. The van der Waals surface area contributed by atoms with Gasteiger partial charge in [-0.2, -0.15) is 0 Å². The van der Waals surface area contributed by atoms with Gasteiger partial charge in [0.05, 0.1) is 6.54 Å². The highest BCUT2D eigenvalue weighted by Crippen LogP contribution is 2.29. The van der Waals surface area contributed by atoms with E-state index in [2.05, 4.69) is 31.1 Å². The van der Waals surface area contributed by atoms with Crippen molar-refractivity contribution < 1.29 is 0 Å². The van der Waals surface area contributed by atoms with E-state index >= 15 is 0 Å². The molecule has 4 heteroatoms. The third-order valence-electron chi connectivity index (χ3n) is 3.08. The maximum atomic E-state index is 6.23. The molecule has 0 amide bonds. The SMILES string of the molecule is CCCCNC(N)=NCC(C)(C)c1ccccc1Cl. The van der Waals surface area contributed by atoms with E-state index in [4.69, 9.17) is 17.3 Å². The quantitative estimate of drug-likeness (QED) is 0.477. The first kappa shape index (κ1) is 15.8. The van der Waals surface area contributed by atoms with Crippen LogP contribution in [0.3, 0.4) is 0 Å². The molecule has 0 saturated carbocycles. The fraction of sp³-hybridized carbons (Fsp3) is 0.533. The third-order valence-corrected chi connectivity index (χ3v) is 3.41. The van der Waals surface area contributed by atoms with Crippen LogP contribution in [0.4, 0.5) is 0 Å². The standard InChI is InChI=1S/C15H24ClN3/c1-4-5-10-18-14(17)19-11-15(2,3)12-8-6-7-9-13(12)16/h6-9H,4-5,10-11H2,1-3H3,(H3,17,18,19). The van der Waals surface area contributed by atoms with E-state index in [0.717, 1.165) is 30.0 Å². The Hall–Kier alpha value is -1.22. The number of aliphatic imine (C=N–C) groups is 1. The molecule has 0 radical (unpaired) electrons. The zero-order valence-electron chi connectivity index (χ0n) is 12.0. The van der Waals surface area contributed by atoms with Gasteiger partial charge in [0, 0.05) is 17.0 Å². The molecular formula is C15H24ClN3. The lowest BCUT2D eigenvalue weighted by atomic mass is 9.85. The van der Waals surface area contributed by atoms with Crippen LogP contribution in [0.1, 0.15) is 39.2 Å². The molecule has 1 rings (SSSR count). The molecule has 1 aromatic carbocycles. The van der Waals surface area contributed by atoms with Gasteiger partial charge in [-0.25, -0.2) is 0 Å². The first-order chi connectivity index (χ1) is 8.97. The number of nitrogens with two attached hydrogens (primary N) is 1. The van der Waals surface area contributed by atoms with E-state index in [1.54, 1.807) is 0 Å². The molecule has 3 nitrogen and oxygen atoms in total. The average molecular weight is 282 g/mol. The van der Waals surface area contributed by atoms with E-state index in [1.165, 1.54) is 0 Å². The fourth-order valence-corrected chi connectivity index (χ4v) is 2.22. The van der Waals surface area contributed by atoms with Crippen molar-refractivity contribution in [1.82, 2.24) is 5.32 Å². The van der Waals surface area contributed by atoms with Crippen LogP contribution in [0.5, 0.6) is 0 Å². The highest BCUT2D eigenvalue weighted by atomic mass is 35.5. The van der Waals surface area contributed by atoms with Crippen molar-refractivity contribution in [2.45, 2.75) is 39.0 Å². The summed E-state index contributed by atoms with van der Waals surface area (Å²) in [7, 11) is 0. The van der Waals surface area contributed by atoms with E-state index in [0.29, 0.717) is 12.5 Å². The first-order valence-corrected chi connectivity index (χ1v) is 7.14. The molecule has 0 aliphatic heterocycles. The summed E-state index contributed by atoms with van der Waals surface area (Å²) >= 11 is 6.23. The van der Waals surface area contributed by atoms with Crippen LogP contribution < -0.4 is 11.1 Å². The Bertz CT molecular complexity index is 427. The molecule has 0 spiro atoms. The highest BCUT2D eigenvalue weighted by molar-refractivity contribution is 6.31. The van der Waals surface area contributed by atoms with Crippen LogP contribution in [0.25, 0.3) is 0 Å². The van der Waals surface area contributed by atoms with Crippen LogP contribution in [0, 0.1) is 0 Å². The van der Waals surface area contributed by atoms with E-state index in [-0.39, 0.29) is 5.41 Å². The van der Waals surface area contributed by atoms with Crippen LogP contribution in [-0.2, 0) is 5.41 Å². The van der Waals surface area contributed by atoms with Gasteiger partial charge < -0.3 is 11.1 Å². The van der Waals surface area contributed by atoms with E-state index in [1.807, 2.05) is 24.3 Å². The monoisotopic (exact) mass is 281 g/mol. The second-order valence-corrected chi connectivity index (χ2v) is 5.75. The smallest absolute Gasteiger partial charge is 0.188 e. The number of unbranched alkanes of at least 4 members (excludes halogenated alkanes) is 1. The van der Waals surface area contributed by atoms with Gasteiger partial charge in [-0.15, -0.1) is 0 Å². The molecule has 0 aromatic heterocycles. The molecule has 3 N–H and O–H groups in total. The number of hydrogen-bond donors (Lipinski definition) is 2. The van der Waals surface area contributed by atoms with Crippen molar-refractivity contribution >= 4 is 17.6 Å². The number of benzene rings is 1. The Morgan fingerprint density at radius 2 is 2.05 bits per heavy atom. The minimum absolute atomic E-state index is 0.130. The lowest BCUT2D eigenvalue weighted by molar-refractivity contribution is 0.539. The van der Waals surface area contributed by atoms with Gasteiger partial charge in [0.25, 0.3) is 0 Å². The summed E-state index contributed by atoms with van der Waals surface area (Å²) in [4.78, 5) is 4.41. The van der Waals surface area contributed by atoms with Crippen molar-refractivity contribution in [2.75, 3.05) is 13.1 Å². The van der Waals surface area contributed by atoms with Crippen molar-refractivity contribution in [1.29, 1.82) is 0 Å². The lowest BCUT2D eigenvalue weighted by Crippen LogP contribution is -2.34. The Morgan fingerprint density at radius 1 is 1.37 bits per heavy atom. The van der Waals surface area contributed by atoms with Crippen molar-refractivity contribution in [3.05, 3.63) is 34.9 Å². The second kappa shape index (κ2) is 7.39. The van der Waals surface area contributed by atoms with Crippen molar-refractivity contribution in [3.8, 4) is 0 Å². The number of rotatable bonds is 6. The predicted molar refractivity (Wildman–Crippen MR) is 83.9 cm³/mol. The molecule has 0 aliphatic carbocycles. The molecule has 0 unspecified atom stereocenters. The Kier molecular flexibility index (Phi) is 6.16. The summed E-state index contributed by atoms with van der Waals surface area (Å²) in [5.41, 5.74) is 6.81. The molecule has 0 bridgehead atoms. The van der Waals surface area contributed by atoms with Gasteiger partial charge in [-0.1, -0.05) is 57.0 Å². The molecule has 0 atom stereocenters. The van der Waals surface area contributed by atoms with Crippen LogP contribution in [0.15, 0.2) is 29.3 Å². The highest BCUT2D eigenvalue weighted by Gasteiger charge is 2.22. The summed E-state index contributed by atoms with van der Waals surface area (Å²) in [6.45, 7) is 7.88. The molecule has 0 fully saturated rings.